The molecule has 1 aliphatic rings. The Labute approximate surface area is 160 Å². The van der Waals surface area contributed by atoms with Crippen LogP contribution >= 0.6 is 0 Å². The number of aliphatic hydroxyl groups is 2. The summed E-state index contributed by atoms with van der Waals surface area (Å²) in [5.41, 5.74) is 7.42. The number of benzene rings is 1. The van der Waals surface area contributed by atoms with Crippen LogP contribution in [0.4, 0.5) is 14.6 Å². The highest BCUT2D eigenvalue weighted by molar-refractivity contribution is 5.72. The van der Waals surface area contributed by atoms with Gasteiger partial charge in [0, 0.05) is 24.3 Å². The van der Waals surface area contributed by atoms with Gasteiger partial charge in [-0.15, -0.1) is 0 Å². The van der Waals surface area contributed by atoms with E-state index in [9.17, 15) is 19.0 Å². The first-order chi connectivity index (χ1) is 13.2. The molecular weight excluding hydrogens is 366 g/mol. The molecule has 8 heteroatoms. The monoisotopic (exact) mass is 388 g/mol. The summed E-state index contributed by atoms with van der Waals surface area (Å²) >= 11 is 0. The minimum atomic E-state index is -2.91. The highest BCUT2D eigenvalue weighted by Crippen LogP contribution is 2.46. The summed E-state index contributed by atoms with van der Waals surface area (Å²) in [5, 5.41) is 19.5. The molecule has 3 aromatic rings. The average molecular weight is 388 g/mol. The van der Waals surface area contributed by atoms with Crippen molar-refractivity contribution in [1.82, 2.24) is 14.4 Å². The van der Waals surface area contributed by atoms with Crippen molar-refractivity contribution in [2.45, 2.75) is 38.2 Å². The van der Waals surface area contributed by atoms with Crippen molar-refractivity contribution in [3.8, 4) is 11.3 Å². The minimum absolute atomic E-state index is 0.102. The van der Waals surface area contributed by atoms with Crippen molar-refractivity contribution in [2.24, 2.45) is 5.92 Å². The van der Waals surface area contributed by atoms with Gasteiger partial charge in [0.05, 0.1) is 17.6 Å². The van der Waals surface area contributed by atoms with E-state index in [2.05, 4.69) is 9.97 Å². The van der Waals surface area contributed by atoms with Gasteiger partial charge in [-0.2, -0.15) is 0 Å². The van der Waals surface area contributed by atoms with Crippen LogP contribution < -0.4 is 5.73 Å². The second kappa shape index (κ2) is 6.49. The summed E-state index contributed by atoms with van der Waals surface area (Å²) in [7, 11) is 0. The van der Waals surface area contributed by atoms with Gasteiger partial charge in [-0.1, -0.05) is 12.1 Å². The molecule has 3 atom stereocenters. The third-order valence-electron chi connectivity index (χ3n) is 5.60. The fraction of sp³-hybridized carbons (Fsp3) is 0.400. The zero-order valence-corrected chi connectivity index (χ0v) is 15.6. The van der Waals surface area contributed by atoms with Gasteiger partial charge in [-0.3, -0.25) is 4.40 Å². The molecule has 1 fully saturated rings. The van der Waals surface area contributed by atoms with Crippen molar-refractivity contribution >= 4 is 11.5 Å². The Hall–Kier alpha value is -2.58. The number of halogens is 2. The van der Waals surface area contributed by atoms with Gasteiger partial charge in [-0.05, 0) is 43.4 Å². The fourth-order valence-electron chi connectivity index (χ4n) is 3.56. The molecule has 0 spiro atoms. The fourth-order valence-corrected chi connectivity index (χ4v) is 3.56. The van der Waals surface area contributed by atoms with Crippen molar-refractivity contribution in [1.29, 1.82) is 0 Å². The van der Waals surface area contributed by atoms with Gasteiger partial charge in [0.15, 0.2) is 11.5 Å². The molecule has 148 valence electrons. The molecule has 0 radical (unpaired) electrons. The number of hydrogen-bond donors (Lipinski definition) is 3. The first-order valence-electron chi connectivity index (χ1n) is 9.10. The molecule has 0 bridgehead atoms. The van der Waals surface area contributed by atoms with Crippen LogP contribution in [-0.2, 0) is 5.60 Å². The van der Waals surface area contributed by atoms with E-state index in [1.165, 1.54) is 6.07 Å². The lowest BCUT2D eigenvalue weighted by Crippen LogP contribution is -2.30. The summed E-state index contributed by atoms with van der Waals surface area (Å²) < 4.78 is 28.4. The predicted molar refractivity (Wildman–Crippen MR) is 101 cm³/mol. The third-order valence-corrected chi connectivity index (χ3v) is 5.60. The molecule has 6 nitrogen and oxygen atoms in total. The summed E-state index contributed by atoms with van der Waals surface area (Å²) in [6.45, 7) is 3.07. The number of imidazole rings is 1. The number of rotatable bonds is 5. The van der Waals surface area contributed by atoms with Crippen molar-refractivity contribution in [3.05, 3.63) is 47.4 Å². The zero-order valence-electron chi connectivity index (χ0n) is 15.6. The molecule has 1 saturated carbocycles. The van der Waals surface area contributed by atoms with Crippen LogP contribution in [-0.4, -0.2) is 37.6 Å². The molecule has 4 N–H and O–H groups in total. The standard InChI is InChI=1S/C20H22F2N4O2/c1-10-3-4-12(20(2,28)19(21)22)6-13(10)16-7-24-18-17(23)25-15(8-26(16)18)14-5-11(14)9-27/h3-4,6-8,11,14,19,27-28H,5,9H2,1-2H3,(H2,23,25). The van der Waals surface area contributed by atoms with E-state index in [1.807, 2.05) is 13.1 Å². The second-order valence-electron chi connectivity index (χ2n) is 7.65. The number of nitrogens with zero attached hydrogens (tertiary/aromatic N) is 3. The third kappa shape index (κ3) is 2.93. The number of aryl methyl sites for hydroxylation is 1. The maximum Gasteiger partial charge on any atom is 0.270 e. The molecule has 2 heterocycles. The molecule has 4 rings (SSSR count). The number of aliphatic hydroxyl groups excluding tert-OH is 1. The molecular formula is C20H22F2N4O2. The molecule has 1 aliphatic carbocycles. The Kier molecular flexibility index (Phi) is 4.35. The van der Waals surface area contributed by atoms with Crippen molar-refractivity contribution < 1.29 is 19.0 Å². The lowest BCUT2D eigenvalue weighted by atomic mass is 9.92. The summed E-state index contributed by atoms with van der Waals surface area (Å²) in [6, 6.07) is 4.77. The van der Waals surface area contributed by atoms with Crippen LogP contribution in [0.25, 0.3) is 16.9 Å². The van der Waals surface area contributed by atoms with Crippen LogP contribution in [0.3, 0.4) is 0 Å². The zero-order chi connectivity index (χ0) is 20.2. The summed E-state index contributed by atoms with van der Waals surface area (Å²) in [6.07, 6.45) is 1.40. The first-order valence-corrected chi connectivity index (χ1v) is 9.10. The van der Waals surface area contributed by atoms with Crippen molar-refractivity contribution in [2.75, 3.05) is 12.3 Å². The number of anilines is 1. The van der Waals surface area contributed by atoms with Gasteiger partial charge >= 0.3 is 0 Å². The highest BCUT2D eigenvalue weighted by Gasteiger charge is 2.39. The smallest absolute Gasteiger partial charge is 0.270 e. The number of nitrogens with two attached hydrogens (primary N) is 1. The molecule has 0 aliphatic heterocycles. The van der Waals surface area contributed by atoms with Crippen LogP contribution in [0, 0.1) is 12.8 Å². The molecule has 1 aromatic carbocycles. The second-order valence-corrected chi connectivity index (χ2v) is 7.65. The van der Waals surface area contributed by atoms with Crippen LogP contribution in [0.1, 0.15) is 36.1 Å². The van der Waals surface area contributed by atoms with Gasteiger partial charge in [0.1, 0.15) is 5.60 Å². The van der Waals surface area contributed by atoms with Crippen molar-refractivity contribution in [3.63, 3.8) is 0 Å². The molecule has 0 saturated heterocycles. The summed E-state index contributed by atoms with van der Waals surface area (Å²) in [5.74, 6) is 0.613. The summed E-state index contributed by atoms with van der Waals surface area (Å²) in [4.78, 5) is 8.75. The van der Waals surface area contributed by atoms with E-state index in [-0.39, 0.29) is 29.8 Å². The minimum Gasteiger partial charge on any atom is -0.396 e. The van der Waals surface area contributed by atoms with Gasteiger partial charge in [-0.25, -0.2) is 18.7 Å². The Morgan fingerprint density at radius 1 is 1.39 bits per heavy atom. The van der Waals surface area contributed by atoms with E-state index in [4.69, 9.17) is 5.73 Å². The Morgan fingerprint density at radius 2 is 2.14 bits per heavy atom. The predicted octanol–water partition coefficient (Wildman–Crippen LogP) is 2.86. The van der Waals surface area contributed by atoms with E-state index in [1.54, 1.807) is 22.7 Å². The number of nitrogen functional groups attached to an aromatic ring is 1. The molecule has 2 aromatic heterocycles. The van der Waals surface area contributed by atoms with Gasteiger partial charge < -0.3 is 15.9 Å². The average Bonchev–Trinajstić information content (AvgIpc) is 3.33. The normalized spacial score (nSPS) is 21.2. The van der Waals surface area contributed by atoms with E-state index < -0.39 is 12.0 Å². The van der Waals surface area contributed by atoms with Crippen LogP contribution in [0.2, 0.25) is 0 Å². The van der Waals surface area contributed by atoms with Gasteiger partial charge in [0.25, 0.3) is 6.43 Å². The lowest BCUT2D eigenvalue weighted by Gasteiger charge is -2.23. The van der Waals surface area contributed by atoms with Gasteiger partial charge in [0.2, 0.25) is 0 Å². The topological polar surface area (TPSA) is 96.7 Å². The quantitative estimate of drug-likeness (QED) is 0.625. The molecule has 28 heavy (non-hydrogen) atoms. The number of aromatic nitrogens is 3. The number of fused-ring (bicyclic) bond motifs is 1. The highest BCUT2D eigenvalue weighted by atomic mass is 19.3. The van der Waals surface area contributed by atoms with E-state index in [0.717, 1.165) is 24.6 Å². The molecule has 3 unspecified atom stereocenters. The largest absolute Gasteiger partial charge is 0.396 e. The van der Waals surface area contributed by atoms with Crippen LogP contribution in [0.15, 0.2) is 30.6 Å². The Bertz CT molecular complexity index is 1050. The number of alkyl halides is 2. The Morgan fingerprint density at radius 3 is 2.79 bits per heavy atom. The first kappa shape index (κ1) is 18.8. The Balaban J connectivity index is 1.86. The maximum atomic E-state index is 13.3. The molecule has 0 amide bonds. The number of hydrogen-bond acceptors (Lipinski definition) is 5. The lowest BCUT2D eigenvalue weighted by molar-refractivity contribution is -0.0883. The van der Waals surface area contributed by atoms with E-state index in [0.29, 0.717) is 16.9 Å². The maximum absolute atomic E-state index is 13.3. The SMILES string of the molecule is Cc1ccc(C(C)(O)C(F)F)cc1-c1cnc2c(N)nc(C3CC3CO)cn12. The van der Waals surface area contributed by atoms with E-state index >= 15 is 0 Å². The van der Waals surface area contributed by atoms with Crippen LogP contribution in [0.5, 0.6) is 0 Å².